The van der Waals surface area contributed by atoms with E-state index in [0.29, 0.717) is 0 Å². The summed E-state index contributed by atoms with van der Waals surface area (Å²) in [4.78, 5) is 12.1. The molecular weight excluding hydrogens is 330 g/mol. The second-order valence-corrected chi connectivity index (χ2v) is 8.85. The first-order chi connectivity index (χ1) is 8.68. The third-order valence-corrected chi connectivity index (χ3v) is 7.76. The van der Waals surface area contributed by atoms with Crippen molar-refractivity contribution in [2.24, 2.45) is 16.7 Å². The first kappa shape index (κ1) is 15.2. The minimum absolute atomic E-state index is 0.00282. The van der Waals surface area contributed by atoms with Gasteiger partial charge in [-0.25, -0.2) is 13.1 Å². The van der Waals surface area contributed by atoms with E-state index >= 15 is 0 Å². The Hall–Kier alpha value is -0.200. The Morgan fingerprint density at radius 1 is 1.53 bits per heavy atom. The van der Waals surface area contributed by atoms with Crippen LogP contribution < -0.4 is 4.72 Å². The third-order valence-electron chi connectivity index (χ3n) is 5.12. The molecule has 4 atom stereocenters. The van der Waals surface area contributed by atoms with Gasteiger partial charge in [-0.1, -0.05) is 35.9 Å². The number of sulfonamides is 1. The zero-order valence-electron chi connectivity index (χ0n) is 11.3. The molecule has 0 unspecified atom stereocenters. The quantitative estimate of drug-likeness (QED) is 0.608. The smallest absolute Gasteiger partial charge is 0.212 e. The highest BCUT2D eigenvalue weighted by molar-refractivity contribution is 9.10. The maximum atomic E-state index is 12.3. The summed E-state index contributed by atoms with van der Waals surface area (Å²) < 4.78 is 26.8. The molecule has 2 fully saturated rings. The Morgan fingerprint density at radius 2 is 2.16 bits per heavy atom. The molecule has 0 radical (unpaired) electrons. The van der Waals surface area contributed by atoms with Gasteiger partial charge in [-0.3, -0.25) is 4.79 Å². The fourth-order valence-electron chi connectivity index (χ4n) is 3.72. The molecule has 0 aliphatic heterocycles. The summed E-state index contributed by atoms with van der Waals surface area (Å²) in [5.74, 6) is 0.263. The Morgan fingerprint density at radius 3 is 2.63 bits per heavy atom. The molecule has 2 aliphatic carbocycles. The molecule has 0 spiro atoms. The summed E-state index contributed by atoms with van der Waals surface area (Å²) in [5.41, 5.74) is -1.03. The lowest BCUT2D eigenvalue weighted by atomic mass is 9.70. The molecule has 108 valence electrons. The number of Topliss-reactive ketones (excluding diaryl/α,β-unsaturated/α-hetero) is 1. The van der Waals surface area contributed by atoms with Crippen LogP contribution in [-0.4, -0.2) is 31.3 Å². The number of halogens is 1. The third kappa shape index (κ3) is 2.12. The Balaban J connectivity index is 2.29. The highest BCUT2D eigenvalue weighted by Crippen LogP contribution is 2.65. The van der Waals surface area contributed by atoms with Crippen molar-refractivity contribution in [1.29, 1.82) is 0 Å². The van der Waals surface area contributed by atoms with Gasteiger partial charge in [0.2, 0.25) is 10.0 Å². The van der Waals surface area contributed by atoms with Gasteiger partial charge in [0.05, 0.1) is 10.6 Å². The Kier molecular flexibility index (Phi) is 3.73. The predicted molar refractivity (Wildman–Crippen MR) is 78.6 cm³/mol. The van der Waals surface area contributed by atoms with E-state index in [1.807, 2.05) is 13.8 Å². The van der Waals surface area contributed by atoms with Gasteiger partial charge in [0, 0.05) is 12.0 Å². The highest BCUT2D eigenvalue weighted by atomic mass is 79.9. The zero-order valence-corrected chi connectivity index (χ0v) is 13.7. The van der Waals surface area contributed by atoms with Crippen molar-refractivity contribution in [2.75, 3.05) is 12.3 Å². The molecular formula is C13H20BrNO3S. The Bertz CT molecular complexity index is 518. The number of fused-ring (bicyclic) bond motifs is 2. The lowest BCUT2D eigenvalue weighted by Crippen LogP contribution is -2.43. The first-order valence-corrected chi connectivity index (χ1v) is 9.01. The summed E-state index contributed by atoms with van der Waals surface area (Å²) in [6.45, 7) is 7.59. The average molecular weight is 350 g/mol. The number of hydrogen-bond acceptors (Lipinski definition) is 3. The molecule has 1 N–H and O–H groups in total. The van der Waals surface area contributed by atoms with Gasteiger partial charge >= 0.3 is 0 Å². The van der Waals surface area contributed by atoms with Crippen molar-refractivity contribution in [1.82, 2.24) is 4.72 Å². The van der Waals surface area contributed by atoms with Crippen LogP contribution in [0.3, 0.4) is 0 Å². The van der Waals surface area contributed by atoms with Crippen LogP contribution >= 0.6 is 15.9 Å². The van der Waals surface area contributed by atoms with Crippen molar-refractivity contribution in [3.05, 3.63) is 12.7 Å². The minimum atomic E-state index is -3.39. The molecule has 2 bridgehead atoms. The molecule has 0 aromatic heterocycles. The number of carbonyl (C=O) groups is 1. The molecule has 6 heteroatoms. The first-order valence-electron chi connectivity index (χ1n) is 6.44. The summed E-state index contributed by atoms with van der Waals surface area (Å²) in [7, 11) is -3.39. The van der Waals surface area contributed by atoms with E-state index in [1.165, 1.54) is 6.08 Å². The number of alkyl halides is 1. The fourth-order valence-corrected chi connectivity index (χ4v) is 6.87. The van der Waals surface area contributed by atoms with E-state index in [9.17, 15) is 13.2 Å². The van der Waals surface area contributed by atoms with Gasteiger partial charge in [-0.2, -0.15) is 0 Å². The zero-order chi connectivity index (χ0) is 14.5. The molecule has 0 saturated heterocycles. The molecule has 2 aliphatic rings. The minimum Gasteiger partial charge on any atom is -0.298 e. The van der Waals surface area contributed by atoms with Crippen LogP contribution in [0.5, 0.6) is 0 Å². The summed E-state index contributed by atoms with van der Waals surface area (Å²) in [5, 5.41) is 0. The van der Waals surface area contributed by atoms with Crippen LogP contribution in [0.25, 0.3) is 0 Å². The number of nitrogens with one attached hydrogen (secondary N) is 1. The molecule has 19 heavy (non-hydrogen) atoms. The van der Waals surface area contributed by atoms with E-state index in [0.717, 1.165) is 12.8 Å². The number of hydrogen-bond donors (Lipinski definition) is 1. The van der Waals surface area contributed by atoms with Crippen LogP contribution in [0.2, 0.25) is 0 Å². The van der Waals surface area contributed by atoms with Gasteiger partial charge < -0.3 is 0 Å². The van der Waals surface area contributed by atoms with Crippen LogP contribution in [0.4, 0.5) is 0 Å². The largest absolute Gasteiger partial charge is 0.298 e. The van der Waals surface area contributed by atoms with Crippen LogP contribution in [-0.2, 0) is 14.8 Å². The van der Waals surface area contributed by atoms with E-state index in [4.69, 9.17) is 0 Å². The van der Waals surface area contributed by atoms with Gasteiger partial charge in [-0.15, -0.1) is 6.58 Å². The fraction of sp³-hybridized carbons (Fsp3) is 0.769. The highest BCUT2D eigenvalue weighted by Gasteiger charge is 2.68. The van der Waals surface area contributed by atoms with E-state index in [1.54, 1.807) is 0 Å². The van der Waals surface area contributed by atoms with Crippen molar-refractivity contribution < 1.29 is 13.2 Å². The van der Waals surface area contributed by atoms with Crippen LogP contribution in [0.15, 0.2) is 12.7 Å². The van der Waals surface area contributed by atoms with Gasteiger partial charge in [0.1, 0.15) is 0 Å². The van der Waals surface area contributed by atoms with Gasteiger partial charge in [-0.05, 0) is 24.2 Å². The molecule has 4 nitrogen and oxygen atoms in total. The van der Waals surface area contributed by atoms with Crippen LogP contribution in [0.1, 0.15) is 26.7 Å². The number of carbonyl (C=O) groups excluding carboxylic acids is 1. The maximum absolute atomic E-state index is 12.3. The molecule has 0 heterocycles. The Labute approximate surface area is 123 Å². The standard InChI is InChI=1S/C13H20BrNO3S/c1-4-7-15-19(17,18)8-13(3)9-5-6-12(13,2)11(16)10(9)14/h4,9-10,15H,1,5-8H2,2-3H3/t9-,10-,12-,13-/m0/s1. The summed E-state index contributed by atoms with van der Waals surface area (Å²) >= 11 is 3.45. The van der Waals surface area contributed by atoms with Crippen molar-refractivity contribution >= 4 is 31.7 Å². The van der Waals surface area contributed by atoms with Crippen molar-refractivity contribution in [3.63, 3.8) is 0 Å². The maximum Gasteiger partial charge on any atom is 0.212 e. The van der Waals surface area contributed by atoms with Crippen LogP contribution in [0, 0.1) is 16.7 Å². The SMILES string of the molecule is C=CCNS(=O)(=O)C[C@@]1(C)[C@H]2CC[C@@]1(C)C(=O)[C@H]2Br. The average Bonchev–Trinajstić information content (AvgIpc) is 2.63. The van der Waals surface area contributed by atoms with Crippen molar-refractivity contribution in [3.8, 4) is 0 Å². The number of rotatable bonds is 5. The van der Waals surface area contributed by atoms with E-state index in [-0.39, 0.29) is 28.8 Å². The summed E-state index contributed by atoms with van der Waals surface area (Å²) in [6, 6.07) is 0. The number of ketones is 1. The normalized spacial score (nSPS) is 41.7. The monoisotopic (exact) mass is 349 g/mol. The predicted octanol–water partition coefficient (Wildman–Crippen LogP) is 1.86. The van der Waals surface area contributed by atoms with Gasteiger partial charge in [0.25, 0.3) is 0 Å². The second-order valence-electron chi connectivity index (χ2n) is 6.06. The molecule has 0 amide bonds. The summed E-state index contributed by atoms with van der Waals surface area (Å²) in [6.07, 6.45) is 3.21. The second kappa shape index (κ2) is 4.67. The molecule has 0 aromatic rings. The van der Waals surface area contributed by atoms with Crippen molar-refractivity contribution in [2.45, 2.75) is 31.5 Å². The van der Waals surface area contributed by atoms with Gasteiger partial charge in [0.15, 0.2) is 5.78 Å². The lowest BCUT2D eigenvalue weighted by molar-refractivity contribution is -0.127. The molecule has 2 rings (SSSR count). The lowest BCUT2D eigenvalue weighted by Gasteiger charge is -2.36. The topological polar surface area (TPSA) is 63.2 Å². The molecule has 2 saturated carbocycles. The van der Waals surface area contributed by atoms with E-state index < -0.39 is 20.9 Å². The van der Waals surface area contributed by atoms with E-state index in [2.05, 4.69) is 27.2 Å². The molecule has 0 aromatic carbocycles.